The average molecular weight is 517 g/mol. The maximum absolute atomic E-state index is 15.5. The van der Waals surface area contributed by atoms with E-state index in [-0.39, 0.29) is 35.0 Å². The van der Waals surface area contributed by atoms with E-state index in [0.717, 1.165) is 29.1 Å². The number of pyridine rings is 1. The van der Waals surface area contributed by atoms with E-state index in [9.17, 15) is 31.1 Å². The smallest absolute Gasteiger partial charge is 0.430 e. The third-order valence-corrected chi connectivity index (χ3v) is 6.26. The van der Waals surface area contributed by atoms with Crippen molar-refractivity contribution >= 4 is 22.8 Å². The first kappa shape index (κ1) is 24.3. The van der Waals surface area contributed by atoms with Gasteiger partial charge in [0.25, 0.3) is 0 Å². The van der Waals surface area contributed by atoms with E-state index in [1.54, 1.807) is 0 Å². The molecule has 0 bridgehead atoms. The van der Waals surface area contributed by atoms with Gasteiger partial charge in [0, 0.05) is 17.1 Å². The van der Waals surface area contributed by atoms with Gasteiger partial charge < -0.3 is 10.1 Å². The molecule has 2 aromatic heterocycles. The van der Waals surface area contributed by atoms with Crippen molar-refractivity contribution < 1.29 is 40.3 Å². The van der Waals surface area contributed by atoms with Crippen molar-refractivity contribution in [2.75, 3.05) is 18.4 Å². The van der Waals surface area contributed by atoms with Crippen LogP contribution in [0, 0.1) is 0 Å². The Bertz CT molecular complexity index is 1330. The molecule has 5 rings (SSSR count). The van der Waals surface area contributed by atoms with Crippen LogP contribution in [0.4, 0.5) is 41.3 Å². The summed E-state index contributed by atoms with van der Waals surface area (Å²) < 4.78 is 103. The van der Waals surface area contributed by atoms with Crippen LogP contribution in [0.5, 0.6) is 0 Å². The number of aromatic nitrogens is 3. The third kappa shape index (κ3) is 4.33. The summed E-state index contributed by atoms with van der Waals surface area (Å²) in [7, 11) is 0. The molecule has 1 aromatic carbocycles. The molecule has 0 unspecified atom stereocenters. The Kier molecular flexibility index (Phi) is 5.61. The topological polar surface area (TPSA) is 81.1 Å². The standard InChI is InChI=1S/C22H18F7N5O2/c23-20(4-7-30-8-5-20)10-34-14-9-11(21(24,25)26)1-2-12(14)16(33-34)13-3-6-31-18-15(13)17(22(27,28)29)36-19(35)32-18/h1-3,6,9,17,30H,4-5,7-8,10H2,(H,31,32,35)/t17-/m1/s1. The number of carbonyl (C=O) groups is 1. The molecule has 2 aliphatic heterocycles. The fourth-order valence-corrected chi connectivity index (χ4v) is 4.54. The second-order valence-electron chi connectivity index (χ2n) is 8.71. The van der Waals surface area contributed by atoms with Crippen LogP contribution in [0.25, 0.3) is 22.2 Å². The lowest BCUT2D eigenvalue weighted by molar-refractivity contribution is -0.206. The van der Waals surface area contributed by atoms with Gasteiger partial charge in [-0.05, 0) is 50.2 Å². The summed E-state index contributed by atoms with van der Waals surface area (Å²) in [5.41, 5.74) is -3.72. The maximum Gasteiger partial charge on any atom is 0.430 e. The van der Waals surface area contributed by atoms with E-state index in [4.69, 9.17) is 0 Å². The number of anilines is 1. The summed E-state index contributed by atoms with van der Waals surface area (Å²) in [5.74, 6) is -0.416. The zero-order valence-electron chi connectivity index (χ0n) is 18.3. The predicted molar refractivity (Wildman–Crippen MR) is 113 cm³/mol. The monoisotopic (exact) mass is 517 g/mol. The first-order valence-corrected chi connectivity index (χ1v) is 10.9. The van der Waals surface area contributed by atoms with Crippen LogP contribution in [-0.4, -0.2) is 45.8 Å². The Balaban J connectivity index is 1.72. The van der Waals surface area contributed by atoms with Crippen LogP contribution in [-0.2, 0) is 17.5 Å². The highest BCUT2D eigenvalue weighted by atomic mass is 19.4. The summed E-state index contributed by atoms with van der Waals surface area (Å²) >= 11 is 0. The number of hydrogen-bond acceptors (Lipinski definition) is 5. The molecule has 3 aromatic rings. The highest BCUT2D eigenvalue weighted by Gasteiger charge is 2.49. The first-order chi connectivity index (χ1) is 16.9. The minimum atomic E-state index is -5.01. The van der Waals surface area contributed by atoms with Crippen molar-refractivity contribution in [1.82, 2.24) is 20.1 Å². The van der Waals surface area contributed by atoms with Gasteiger partial charge in [-0.3, -0.25) is 10.00 Å². The quantitative estimate of drug-likeness (QED) is 0.457. The van der Waals surface area contributed by atoms with Crippen LogP contribution in [0.1, 0.15) is 30.1 Å². The number of fused-ring (bicyclic) bond motifs is 2. The summed E-state index contributed by atoms with van der Waals surface area (Å²) in [6.07, 6.45) is -12.5. The number of halogens is 7. The number of rotatable bonds is 3. The lowest BCUT2D eigenvalue weighted by Gasteiger charge is -2.30. The Morgan fingerprint density at radius 3 is 2.50 bits per heavy atom. The van der Waals surface area contributed by atoms with Gasteiger partial charge >= 0.3 is 18.4 Å². The fourth-order valence-electron chi connectivity index (χ4n) is 4.54. The SMILES string of the molecule is O=C1Nc2nccc(-c3nn(CC4(F)CCNCC4)c4cc(C(F)(F)F)ccc34)c2[C@H](C(F)(F)F)O1. The molecule has 0 aliphatic carbocycles. The number of carbonyl (C=O) groups excluding carboxylic acids is 1. The van der Waals surface area contributed by atoms with E-state index < -0.39 is 53.7 Å². The molecule has 1 fully saturated rings. The largest absolute Gasteiger partial charge is 0.431 e. The number of nitrogens with zero attached hydrogens (tertiary/aromatic N) is 3. The predicted octanol–water partition coefficient (Wildman–Crippen LogP) is 5.37. The molecule has 36 heavy (non-hydrogen) atoms. The van der Waals surface area contributed by atoms with Crippen molar-refractivity contribution in [3.8, 4) is 11.3 Å². The van der Waals surface area contributed by atoms with Gasteiger partial charge in [0.05, 0.1) is 23.2 Å². The molecule has 192 valence electrons. The molecular formula is C22H18F7N5O2. The van der Waals surface area contributed by atoms with E-state index in [1.165, 1.54) is 6.07 Å². The first-order valence-electron chi connectivity index (χ1n) is 10.9. The Morgan fingerprint density at radius 1 is 1.11 bits per heavy atom. The molecule has 1 saturated heterocycles. The number of benzene rings is 1. The van der Waals surface area contributed by atoms with Crippen LogP contribution in [0.15, 0.2) is 30.5 Å². The van der Waals surface area contributed by atoms with Crippen LogP contribution < -0.4 is 10.6 Å². The van der Waals surface area contributed by atoms with E-state index in [0.29, 0.717) is 13.1 Å². The maximum atomic E-state index is 15.5. The van der Waals surface area contributed by atoms with Crippen LogP contribution >= 0.6 is 0 Å². The molecule has 2 N–H and O–H groups in total. The highest BCUT2D eigenvalue weighted by Crippen LogP contribution is 2.46. The summed E-state index contributed by atoms with van der Waals surface area (Å²) in [6, 6.07) is 3.85. The zero-order valence-corrected chi connectivity index (χ0v) is 18.3. The van der Waals surface area contributed by atoms with E-state index in [1.807, 2.05) is 0 Å². The third-order valence-electron chi connectivity index (χ3n) is 6.26. The van der Waals surface area contributed by atoms with E-state index in [2.05, 4.69) is 25.5 Å². The lowest BCUT2D eigenvalue weighted by atomic mass is 9.94. The molecule has 1 atom stereocenters. The van der Waals surface area contributed by atoms with Crippen molar-refractivity contribution in [1.29, 1.82) is 0 Å². The zero-order chi connectivity index (χ0) is 25.9. The van der Waals surface area contributed by atoms with Gasteiger partial charge in [0.2, 0.25) is 6.10 Å². The minimum Gasteiger partial charge on any atom is -0.431 e. The summed E-state index contributed by atoms with van der Waals surface area (Å²) in [4.78, 5) is 15.5. The molecule has 2 aliphatic rings. The molecular weight excluding hydrogens is 499 g/mol. The lowest BCUT2D eigenvalue weighted by Crippen LogP contribution is -2.41. The molecule has 0 radical (unpaired) electrons. The minimum absolute atomic E-state index is 0.0757. The van der Waals surface area contributed by atoms with Crippen molar-refractivity contribution in [2.24, 2.45) is 0 Å². The second kappa shape index (κ2) is 8.32. The number of hydrogen-bond donors (Lipinski definition) is 2. The molecule has 1 amide bonds. The van der Waals surface area contributed by atoms with Crippen molar-refractivity contribution in [3.63, 3.8) is 0 Å². The number of ether oxygens (including phenoxy) is 1. The van der Waals surface area contributed by atoms with Gasteiger partial charge in [-0.25, -0.2) is 14.2 Å². The molecule has 14 heteroatoms. The van der Waals surface area contributed by atoms with Gasteiger partial charge in [-0.1, -0.05) is 0 Å². The second-order valence-corrected chi connectivity index (χ2v) is 8.71. The Hall–Kier alpha value is -3.42. The van der Waals surface area contributed by atoms with Crippen molar-refractivity contribution in [3.05, 3.63) is 41.6 Å². The van der Waals surface area contributed by atoms with Crippen LogP contribution in [0.3, 0.4) is 0 Å². The fraction of sp³-hybridized carbons (Fsp3) is 0.409. The highest BCUT2D eigenvalue weighted by molar-refractivity contribution is 5.97. The Labute approximate surface area is 198 Å². The molecule has 0 spiro atoms. The molecule has 4 heterocycles. The van der Waals surface area contributed by atoms with E-state index >= 15 is 4.39 Å². The van der Waals surface area contributed by atoms with Crippen molar-refractivity contribution in [2.45, 2.75) is 43.5 Å². The number of piperidine rings is 1. The average Bonchev–Trinajstić information content (AvgIpc) is 3.14. The normalized spacial score (nSPS) is 20.1. The number of cyclic esters (lactones) is 1. The van der Waals surface area contributed by atoms with Crippen LogP contribution in [0.2, 0.25) is 0 Å². The molecule has 0 saturated carbocycles. The number of alkyl halides is 7. The summed E-state index contributed by atoms with van der Waals surface area (Å²) in [6.45, 7) is 0.326. The van der Waals surface area contributed by atoms with Gasteiger partial charge in [-0.15, -0.1) is 0 Å². The van der Waals surface area contributed by atoms with Gasteiger partial charge in [0.1, 0.15) is 17.2 Å². The van der Waals surface area contributed by atoms with Gasteiger partial charge in [0.15, 0.2) is 0 Å². The van der Waals surface area contributed by atoms with Gasteiger partial charge in [-0.2, -0.15) is 31.4 Å². The number of nitrogens with one attached hydrogen (secondary N) is 2. The number of amides is 1. The summed E-state index contributed by atoms with van der Waals surface area (Å²) in [5, 5.41) is 9.47. The molecule has 7 nitrogen and oxygen atoms in total. The Morgan fingerprint density at radius 2 is 1.83 bits per heavy atom.